The first-order valence-electron chi connectivity index (χ1n) is 6.31. The summed E-state index contributed by atoms with van der Waals surface area (Å²) in [6, 6.07) is 8.44. The van der Waals surface area contributed by atoms with Gasteiger partial charge in [0.15, 0.2) is 12.1 Å². The van der Waals surface area contributed by atoms with Crippen LogP contribution in [0.15, 0.2) is 24.3 Å². The van der Waals surface area contributed by atoms with Crippen LogP contribution in [0, 0.1) is 11.3 Å². The van der Waals surface area contributed by atoms with E-state index < -0.39 is 17.4 Å². The van der Waals surface area contributed by atoms with E-state index in [1.165, 1.54) is 0 Å². The van der Waals surface area contributed by atoms with Crippen LogP contribution in [0.25, 0.3) is 0 Å². The third-order valence-corrected chi connectivity index (χ3v) is 3.18. The number of ether oxygens (including phenoxy) is 2. The van der Waals surface area contributed by atoms with Crippen LogP contribution in [0.5, 0.6) is 5.75 Å². The van der Waals surface area contributed by atoms with E-state index in [9.17, 15) is 14.7 Å². The second kappa shape index (κ2) is 6.24. The van der Waals surface area contributed by atoms with Gasteiger partial charge in [0.05, 0.1) is 12.2 Å². The molecule has 0 saturated carbocycles. The Kier molecular flexibility index (Phi) is 4.40. The van der Waals surface area contributed by atoms with E-state index in [0.717, 1.165) is 0 Å². The smallest absolute Gasteiger partial charge is 0.331 e. The van der Waals surface area contributed by atoms with Gasteiger partial charge in [0.1, 0.15) is 11.8 Å². The molecule has 0 aliphatic carbocycles. The third-order valence-electron chi connectivity index (χ3n) is 3.18. The number of aliphatic carboxylic acids is 1. The zero-order valence-corrected chi connectivity index (χ0v) is 11.2. The molecule has 1 unspecified atom stereocenters. The highest BCUT2D eigenvalue weighted by molar-refractivity contribution is 5.88. The largest absolute Gasteiger partial charge is 0.482 e. The van der Waals surface area contributed by atoms with Crippen LogP contribution in [-0.2, 0) is 14.3 Å². The van der Waals surface area contributed by atoms with Crippen LogP contribution in [0.3, 0.4) is 0 Å². The number of hydrogen-bond acceptors (Lipinski definition) is 5. The van der Waals surface area contributed by atoms with Crippen molar-refractivity contribution >= 4 is 11.9 Å². The number of benzene rings is 1. The molecule has 1 aliphatic rings. The van der Waals surface area contributed by atoms with E-state index >= 15 is 0 Å². The molecule has 2 N–H and O–H groups in total. The average molecular weight is 290 g/mol. The van der Waals surface area contributed by atoms with Gasteiger partial charge in [-0.15, -0.1) is 0 Å². The molecule has 7 heteroatoms. The minimum absolute atomic E-state index is 0.0666. The van der Waals surface area contributed by atoms with Gasteiger partial charge in [0.25, 0.3) is 5.91 Å². The average Bonchev–Trinajstić information content (AvgIpc) is 2.95. The highest BCUT2D eigenvalue weighted by atomic mass is 16.5. The molecule has 1 fully saturated rings. The molecule has 1 aromatic carbocycles. The number of nitrogens with zero attached hydrogens (tertiary/aromatic N) is 1. The van der Waals surface area contributed by atoms with Gasteiger partial charge < -0.3 is 19.9 Å². The van der Waals surface area contributed by atoms with E-state index in [1.807, 2.05) is 6.07 Å². The summed E-state index contributed by atoms with van der Waals surface area (Å²) in [7, 11) is 0. The lowest BCUT2D eigenvalue weighted by molar-refractivity contribution is -0.148. The summed E-state index contributed by atoms with van der Waals surface area (Å²) in [5, 5.41) is 20.5. The standard InChI is InChI=1S/C14H14N2O5/c15-7-10-3-1-2-4-11(10)21-8-12(17)16-14(13(18)19)5-6-20-9-14/h1-4H,5-6,8-9H2,(H,16,17)(H,18,19). The molecule has 2 rings (SSSR count). The Morgan fingerprint density at radius 1 is 1.48 bits per heavy atom. The maximum atomic E-state index is 11.8. The molecule has 7 nitrogen and oxygen atoms in total. The number of carbonyl (C=O) groups is 2. The number of carboxylic acid groups (broad SMARTS) is 1. The molecule has 1 saturated heterocycles. The van der Waals surface area contributed by atoms with Crippen molar-refractivity contribution in [2.24, 2.45) is 0 Å². The van der Waals surface area contributed by atoms with E-state index in [1.54, 1.807) is 24.3 Å². The number of para-hydroxylation sites is 1. The van der Waals surface area contributed by atoms with Crippen molar-refractivity contribution in [3.05, 3.63) is 29.8 Å². The first-order chi connectivity index (χ1) is 10.1. The Labute approximate surface area is 121 Å². The lowest BCUT2D eigenvalue weighted by Crippen LogP contribution is -2.56. The monoisotopic (exact) mass is 290 g/mol. The van der Waals surface area contributed by atoms with Crippen molar-refractivity contribution in [2.75, 3.05) is 19.8 Å². The lowest BCUT2D eigenvalue weighted by Gasteiger charge is -2.23. The summed E-state index contributed by atoms with van der Waals surface area (Å²) < 4.78 is 10.3. The normalized spacial score (nSPS) is 20.5. The summed E-state index contributed by atoms with van der Waals surface area (Å²) in [6.07, 6.45) is 0.211. The van der Waals surface area contributed by atoms with Crippen LogP contribution >= 0.6 is 0 Å². The van der Waals surface area contributed by atoms with Crippen molar-refractivity contribution in [2.45, 2.75) is 12.0 Å². The highest BCUT2D eigenvalue weighted by Crippen LogP contribution is 2.19. The van der Waals surface area contributed by atoms with Gasteiger partial charge in [-0.05, 0) is 12.1 Å². The Morgan fingerprint density at radius 2 is 2.24 bits per heavy atom. The number of amides is 1. The Balaban J connectivity index is 1.96. The van der Waals surface area contributed by atoms with Crippen molar-refractivity contribution < 1.29 is 24.2 Å². The van der Waals surface area contributed by atoms with Crippen LogP contribution in [0.1, 0.15) is 12.0 Å². The Hall–Kier alpha value is -2.59. The molecule has 0 radical (unpaired) electrons. The van der Waals surface area contributed by atoms with E-state index in [4.69, 9.17) is 14.7 Å². The molecular weight excluding hydrogens is 276 g/mol. The molecule has 0 spiro atoms. The van der Waals surface area contributed by atoms with Crippen molar-refractivity contribution in [3.63, 3.8) is 0 Å². The predicted molar refractivity (Wildman–Crippen MR) is 70.6 cm³/mol. The number of hydrogen-bond donors (Lipinski definition) is 2. The molecule has 0 aromatic heterocycles. The van der Waals surface area contributed by atoms with Gasteiger partial charge in [0.2, 0.25) is 0 Å². The summed E-state index contributed by atoms with van der Waals surface area (Å²) in [4.78, 5) is 23.1. The van der Waals surface area contributed by atoms with Gasteiger partial charge in [-0.3, -0.25) is 4.79 Å². The first kappa shape index (κ1) is 14.8. The highest BCUT2D eigenvalue weighted by Gasteiger charge is 2.43. The number of nitriles is 1. The molecule has 0 bridgehead atoms. The van der Waals surface area contributed by atoms with Crippen LogP contribution in [0.4, 0.5) is 0 Å². The summed E-state index contributed by atoms with van der Waals surface area (Å²) in [5.74, 6) is -1.43. The quantitative estimate of drug-likeness (QED) is 0.807. The maximum absolute atomic E-state index is 11.8. The lowest BCUT2D eigenvalue weighted by atomic mass is 9.99. The van der Waals surface area contributed by atoms with Crippen molar-refractivity contribution in [1.82, 2.24) is 5.32 Å². The van der Waals surface area contributed by atoms with Crippen LogP contribution in [-0.4, -0.2) is 42.3 Å². The van der Waals surface area contributed by atoms with Crippen molar-refractivity contribution in [1.29, 1.82) is 5.26 Å². The van der Waals surface area contributed by atoms with Gasteiger partial charge in [0, 0.05) is 13.0 Å². The number of carbonyl (C=O) groups excluding carboxylic acids is 1. The summed E-state index contributed by atoms with van der Waals surface area (Å²) >= 11 is 0. The predicted octanol–water partition coefficient (Wildman–Crippen LogP) is 0.297. The van der Waals surface area contributed by atoms with E-state index in [2.05, 4.69) is 5.32 Å². The van der Waals surface area contributed by atoms with Crippen molar-refractivity contribution in [3.8, 4) is 11.8 Å². The van der Waals surface area contributed by atoms with Crippen LogP contribution < -0.4 is 10.1 Å². The topological polar surface area (TPSA) is 109 Å². The molecule has 1 atom stereocenters. The van der Waals surface area contributed by atoms with Gasteiger partial charge in [-0.25, -0.2) is 4.79 Å². The molecular formula is C14H14N2O5. The van der Waals surface area contributed by atoms with Gasteiger partial charge in [-0.1, -0.05) is 12.1 Å². The minimum Gasteiger partial charge on any atom is -0.482 e. The molecule has 1 aliphatic heterocycles. The molecule has 110 valence electrons. The van der Waals surface area contributed by atoms with Gasteiger partial charge >= 0.3 is 5.97 Å². The zero-order chi connectivity index (χ0) is 15.3. The fourth-order valence-electron chi connectivity index (χ4n) is 2.02. The fraction of sp³-hybridized carbons (Fsp3) is 0.357. The number of nitrogens with one attached hydrogen (secondary N) is 1. The van der Waals surface area contributed by atoms with Gasteiger partial charge in [-0.2, -0.15) is 5.26 Å². The third kappa shape index (κ3) is 3.30. The maximum Gasteiger partial charge on any atom is 0.331 e. The van der Waals surface area contributed by atoms with E-state index in [-0.39, 0.29) is 32.0 Å². The Bertz CT molecular complexity index is 587. The molecule has 1 heterocycles. The second-order valence-electron chi connectivity index (χ2n) is 4.63. The SMILES string of the molecule is N#Cc1ccccc1OCC(=O)NC1(C(=O)O)CCOC1. The van der Waals surface area contributed by atoms with Crippen LogP contribution in [0.2, 0.25) is 0 Å². The number of rotatable bonds is 5. The summed E-state index contributed by atoms with van der Waals surface area (Å²) in [6.45, 7) is -0.152. The molecule has 1 amide bonds. The Morgan fingerprint density at radius 3 is 2.86 bits per heavy atom. The molecule has 1 aromatic rings. The minimum atomic E-state index is -1.39. The zero-order valence-electron chi connectivity index (χ0n) is 11.2. The summed E-state index contributed by atoms with van der Waals surface area (Å²) in [5.41, 5.74) is -1.09. The van der Waals surface area contributed by atoms with E-state index in [0.29, 0.717) is 5.56 Å². The number of carboxylic acids is 1. The first-order valence-corrected chi connectivity index (χ1v) is 6.31. The fourth-order valence-corrected chi connectivity index (χ4v) is 2.02. The molecule has 21 heavy (non-hydrogen) atoms. The second-order valence-corrected chi connectivity index (χ2v) is 4.63.